The lowest BCUT2D eigenvalue weighted by Crippen LogP contribution is -2.51. The zero-order valence-electron chi connectivity index (χ0n) is 15.4. The number of carbonyl (C=O) groups is 2. The summed E-state index contributed by atoms with van der Waals surface area (Å²) in [6.07, 6.45) is 4.63. The normalized spacial score (nSPS) is 14.9. The Morgan fingerprint density at radius 3 is 2.90 bits per heavy atom. The van der Waals surface area contributed by atoms with Gasteiger partial charge >= 0.3 is 0 Å². The van der Waals surface area contributed by atoms with Gasteiger partial charge in [0.15, 0.2) is 0 Å². The first-order valence-corrected chi connectivity index (χ1v) is 10.2. The second-order valence-corrected chi connectivity index (χ2v) is 8.07. The van der Waals surface area contributed by atoms with Gasteiger partial charge in [-0.25, -0.2) is 9.97 Å². The molecule has 9 heteroatoms. The molecular formula is C20H18ClN5O2S. The number of thiophene rings is 1. The summed E-state index contributed by atoms with van der Waals surface area (Å²) >= 11 is 7.34. The molecule has 4 rings (SSSR count). The molecule has 29 heavy (non-hydrogen) atoms. The molecule has 3 heterocycles. The molecule has 148 valence electrons. The molecule has 1 aliphatic rings. The minimum absolute atomic E-state index is 0.0665. The molecule has 0 spiro atoms. The van der Waals surface area contributed by atoms with Crippen LogP contribution in [0.5, 0.6) is 0 Å². The van der Waals surface area contributed by atoms with Crippen molar-refractivity contribution in [1.82, 2.24) is 19.8 Å². The Morgan fingerprint density at radius 1 is 1.28 bits per heavy atom. The fraction of sp³-hybridized carbons (Fsp3) is 0.200. The van der Waals surface area contributed by atoms with E-state index in [1.807, 2.05) is 18.2 Å². The van der Waals surface area contributed by atoms with E-state index in [1.54, 1.807) is 27.3 Å². The van der Waals surface area contributed by atoms with Crippen LogP contribution in [0.4, 0.5) is 5.82 Å². The van der Waals surface area contributed by atoms with Crippen LogP contribution in [-0.4, -0.2) is 51.2 Å². The number of hydrogen-bond acceptors (Lipinski definition) is 6. The monoisotopic (exact) mass is 427 g/mol. The van der Waals surface area contributed by atoms with Gasteiger partial charge in [-0.05, 0) is 29.8 Å². The van der Waals surface area contributed by atoms with E-state index in [4.69, 9.17) is 17.3 Å². The number of carbonyl (C=O) groups excluding carboxylic acids is 2. The van der Waals surface area contributed by atoms with Crippen LogP contribution < -0.4 is 5.73 Å². The Morgan fingerprint density at radius 2 is 2.14 bits per heavy atom. The van der Waals surface area contributed by atoms with Gasteiger partial charge in [-0.1, -0.05) is 17.7 Å². The van der Waals surface area contributed by atoms with E-state index in [0.717, 1.165) is 21.3 Å². The number of hydrogen-bond donors (Lipinski definition) is 1. The zero-order valence-corrected chi connectivity index (χ0v) is 17.0. The average Bonchev–Trinajstić information content (AvgIpc) is 3.13. The summed E-state index contributed by atoms with van der Waals surface area (Å²) in [7, 11) is 0. The number of nitrogens with zero attached hydrogens (tertiary/aromatic N) is 4. The molecule has 0 aliphatic carbocycles. The summed E-state index contributed by atoms with van der Waals surface area (Å²) in [5.74, 6) is 0.169. The van der Waals surface area contributed by atoms with Crippen LogP contribution in [0.1, 0.15) is 10.4 Å². The smallest absolute Gasteiger partial charge is 0.247 e. The quantitative estimate of drug-likeness (QED) is 0.646. The van der Waals surface area contributed by atoms with Crippen LogP contribution in [0, 0.1) is 0 Å². The summed E-state index contributed by atoms with van der Waals surface area (Å²) in [5.41, 5.74) is 7.56. The second kappa shape index (κ2) is 8.18. The lowest BCUT2D eigenvalue weighted by Gasteiger charge is -2.34. The number of fused-ring (bicyclic) bond motifs is 1. The molecule has 0 bridgehead atoms. The van der Waals surface area contributed by atoms with Crippen molar-refractivity contribution >= 4 is 57.5 Å². The van der Waals surface area contributed by atoms with E-state index in [0.29, 0.717) is 30.5 Å². The van der Waals surface area contributed by atoms with Gasteiger partial charge in [0.05, 0.1) is 10.5 Å². The van der Waals surface area contributed by atoms with Gasteiger partial charge < -0.3 is 15.5 Å². The number of nitrogen functional groups attached to an aromatic ring is 1. The highest BCUT2D eigenvalue weighted by atomic mass is 35.5. The Kier molecular flexibility index (Phi) is 5.46. The average molecular weight is 428 g/mol. The van der Waals surface area contributed by atoms with Crippen molar-refractivity contribution in [2.45, 2.75) is 6.54 Å². The highest BCUT2D eigenvalue weighted by Gasteiger charge is 2.26. The molecule has 0 unspecified atom stereocenters. The number of piperazine rings is 1. The van der Waals surface area contributed by atoms with Crippen LogP contribution >= 0.6 is 22.9 Å². The van der Waals surface area contributed by atoms with Gasteiger partial charge in [0.1, 0.15) is 18.7 Å². The Hall–Kier alpha value is -2.97. The summed E-state index contributed by atoms with van der Waals surface area (Å²) in [6.45, 7) is 1.50. The molecule has 2 amide bonds. The van der Waals surface area contributed by atoms with Gasteiger partial charge in [0.25, 0.3) is 0 Å². The van der Waals surface area contributed by atoms with E-state index in [1.165, 1.54) is 23.7 Å². The summed E-state index contributed by atoms with van der Waals surface area (Å²) in [6, 6.07) is 7.49. The third-order valence-electron chi connectivity index (χ3n) is 4.71. The molecule has 2 N–H and O–H groups in total. The molecule has 3 aromatic rings. The Bertz CT molecular complexity index is 1110. The molecular weight excluding hydrogens is 410 g/mol. The lowest BCUT2D eigenvalue weighted by molar-refractivity contribution is -0.143. The van der Waals surface area contributed by atoms with E-state index >= 15 is 0 Å². The molecule has 0 atom stereocenters. The predicted molar refractivity (Wildman–Crippen MR) is 114 cm³/mol. The van der Waals surface area contributed by atoms with Crippen molar-refractivity contribution in [3.8, 4) is 0 Å². The molecule has 1 aromatic carbocycles. The SMILES string of the molecule is Nc1ncnc2cc(CN3CCN(C(=O)/C=C/c4cc(Cl)cs4)CC3=O)ccc12. The van der Waals surface area contributed by atoms with Crippen molar-refractivity contribution in [1.29, 1.82) is 0 Å². The van der Waals surface area contributed by atoms with E-state index in [2.05, 4.69) is 9.97 Å². The summed E-state index contributed by atoms with van der Waals surface area (Å²) in [4.78, 5) is 37.3. The maximum atomic E-state index is 12.6. The van der Waals surface area contributed by atoms with Gasteiger partial charge in [-0.15, -0.1) is 11.3 Å². The minimum atomic E-state index is -0.180. The first-order valence-electron chi connectivity index (χ1n) is 8.97. The summed E-state index contributed by atoms with van der Waals surface area (Å²) < 4.78 is 0. The highest BCUT2D eigenvalue weighted by molar-refractivity contribution is 7.11. The fourth-order valence-electron chi connectivity index (χ4n) is 3.18. The number of amides is 2. The maximum absolute atomic E-state index is 12.6. The predicted octanol–water partition coefficient (Wildman–Crippen LogP) is 2.81. The molecule has 1 aliphatic heterocycles. The Labute approximate surface area is 176 Å². The van der Waals surface area contributed by atoms with Gasteiger partial charge in [-0.3, -0.25) is 9.59 Å². The van der Waals surface area contributed by atoms with Gasteiger partial charge in [0.2, 0.25) is 11.8 Å². The highest BCUT2D eigenvalue weighted by Crippen LogP contribution is 2.21. The first kappa shape index (κ1) is 19.4. The number of halogens is 1. The van der Waals surface area contributed by atoms with Crippen LogP contribution in [0.2, 0.25) is 5.02 Å². The van der Waals surface area contributed by atoms with Crippen molar-refractivity contribution in [2.75, 3.05) is 25.4 Å². The number of benzene rings is 1. The topological polar surface area (TPSA) is 92.4 Å². The molecule has 0 radical (unpaired) electrons. The van der Waals surface area contributed by atoms with Crippen molar-refractivity contribution in [2.24, 2.45) is 0 Å². The third-order valence-corrected chi connectivity index (χ3v) is 5.96. The summed E-state index contributed by atoms with van der Waals surface area (Å²) in [5, 5.41) is 3.24. The first-order chi connectivity index (χ1) is 14.0. The third kappa shape index (κ3) is 4.38. The van der Waals surface area contributed by atoms with E-state index < -0.39 is 0 Å². The largest absolute Gasteiger partial charge is 0.383 e. The standard InChI is InChI=1S/C20H18ClN5O2S/c21-14-8-15(29-11-14)2-4-18(27)26-6-5-25(19(28)10-26)9-13-1-3-16-17(7-13)23-12-24-20(16)22/h1-4,7-8,11-12H,5-6,9-10H2,(H2,22,23,24)/b4-2+. The van der Waals surface area contributed by atoms with Crippen LogP contribution in [0.25, 0.3) is 17.0 Å². The second-order valence-electron chi connectivity index (χ2n) is 6.69. The van der Waals surface area contributed by atoms with Crippen LogP contribution in [0.3, 0.4) is 0 Å². The minimum Gasteiger partial charge on any atom is -0.383 e. The van der Waals surface area contributed by atoms with Crippen LogP contribution in [0.15, 0.2) is 42.0 Å². The van der Waals surface area contributed by atoms with Crippen molar-refractivity contribution < 1.29 is 9.59 Å². The molecule has 7 nitrogen and oxygen atoms in total. The Balaban J connectivity index is 1.38. The van der Waals surface area contributed by atoms with E-state index in [9.17, 15) is 9.59 Å². The maximum Gasteiger partial charge on any atom is 0.247 e. The number of rotatable bonds is 4. The molecule has 1 saturated heterocycles. The zero-order chi connectivity index (χ0) is 20.4. The lowest BCUT2D eigenvalue weighted by atomic mass is 10.1. The number of anilines is 1. The molecule has 1 fully saturated rings. The fourth-order valence-corrected chi connectivity index (χ4v) is 4.15. The number of aromatic nitrogens is 2. The molecule has 2 aromatic heterocycles. The van der Waals surface area contributed by atoms with Crippen LogP contribution in [-0.2, 0) is 16.1 Å². The van der Waals surface area contributed by atoms with Gasteiger partial charge in [-0.2, -0.15) is 0 Å². The van der Waals surface area contributed by atoms with E-state index in [-0.39, 0.29) is 18.4 Å². The number of nitrogens with two attached hydrogens (primary N) is 1. The van der Waals surface area contributed by atoms with Crippen molar-refractivity contribution in [3.63, 3.8) is 0 Å². The van der Waals surface area contributed by atoms with Crippen molar-refractivity contribution in [3.05, 3.63) is 57.5 Å². The molecule has 0 saturated carbocycles. The van der Waals surface area contributed by atoms with Gasteiger partial charge in [0, 0.05) is 41.4 Å².